The van der Waals surface area contributed by atoms with Crippen molar-refractivity contribution in [2.45, 2.75) is 65.1 Å². The topological polar surface area (TPSA) is 74.6 Å². The fourth-order valence-corrected chi connectivity index (χ4v) is 3.65. The van der Waals surface area contributed by atoms with Crippen LogP contribution in [0.25, 0.3) is 0 Å². The van der Waals surface area contributed by atoms with Gasteiger partial charge in [0, 0.05) is 17.8 Å². The summed E-state index contributed by atoms with van der Waals surface area (Å²) in [6.45, 7) is 7.30. The highest BCUT2D eigenvalue weighted by Crippen LogP contribution is 2.43. The average molecular weight is 320 g/mol. The molecule has 4 nitrogen and oxygen atoms in total. The molecule has 2 N–H and O–H groups in total. The van der Waals surface area contributed by atoms with Gasteiger partial charge < -0.3 is 10.2 Å². The highest BCUT2D eigenvalue weighted by Gasteiger charge is 2.54. The summed E-state index contributed by atoms with van der Waals surface area (Å²) in [5, 5.41) is 21.3. The molecule has 2 rings (SSSR count). The molecule has 0 aromatic heterocycles. The fourth-order valence-electron chi connectivity index (χ4n) is 3.65. The number of hydrogen-bond donors (Lipinski definition) is 2. The van der Waals surface area contributed by atoms with E-state index in [0.29, 0.717) is 24.8 Å². The quantitative estimate of drug-likeness (QED) is 0.673. The van der Waals surface area contributed by atoms with Gasteiger partial charge in [0.1, 0.15) is 11.4 Å². The van der Waals surface area contributed by atoms with Gasteiger partial charge in [0.25, 0.3) is 0 Å². The maximum Gasteiger partial charge on any atom is 0.190 e. The molecule has 2 aliphatic rings. The molecular weight excluding hydrogens is 292 g/mol. The molecule has 0 bridgehead atoms. The molecule has 0 aromatic carbocycles. The third-order valence-corrected chi connectivity index (χ3v) is 5.44. The van der Waals surface area contributed by atoms with E-state index in [-0.39, 0.29) is 23.9 Å². The maximum absolute atomic E-state index is 12.8. The van der Waals surface area contributed by atoms with Crippen LogP contribution in [-0.4, -0.2) is 33.5 Å². The van der Waals surface area contributed by atoms with Crippen LogP contribution in [-0.2, 0) is 9.59 Å². The standard InChI is InChI=1S/C19H28O4/c1-12-9-10-18(3,4)15(20)8-6-5-7-14-16(21)13(2)11-19(14,23)17(12)22/h5,7,9,13-14,16,21,23H,6,8,10-11H2,1-4H3/b7-5+,12-9+/t13-,14-,16-,19+/m0/s1. The summed E-state index contributed by atoms with van der Waals surface area (Å²) in [6, 6.07) is 0. The Hall–Kier alpha value is -1.26. The molecule has 23 heavy (non-hydrogen) atoms. The summed E-state index contributed by atoms with van der Waals surface area (Å²) in [5.41, 5.74) is -1.60. The van der Waals surface area contributed by atoms with Crippen LogP contribution < -0.4 is 0 Å². The number of Topliss-reactive ketones (excluding diaryl/α,β-unsaturated/α-hetero) is 2. The molecule has 0 unspecified atom stereocenters. The van der Waals surface area contributed by atoms with Crippen LogP contribution >= 0.6 is 0 Å². The first kappa shape index (κ1) is 18.1. The van der Waals surface area contributed by atoms with Crippen LogP contribution in [0.15, 0.2) is 23.8 Å². The molecule has 1 saturated carbocycles. The lowest BCUT2D eigenvalue weighted by Crippen LogP contribution is -2.44. The molecule has 4 atom stereocenters. The van der Waals surface area contributed by atoms with Gasteiger partial charge in [-0.1, -0.05) is 39.0 Å². The van der Waals surface area contributed by atoms with Crippen molar-refractivity contribution in [2.75, 3.05) is 0 Å². The van der Waals surface area contributed by atoms with Gasteiger partial charge in [0.15, 0.2) is 5.78 Å². The molecule has 1 fully saturated rings. The number of carbonyl (C=O) groups excluding carboxylic acids is 2. The maximum atomic E-state index is 12.8. The average Bonchev–Trinajstić information content (AvgIpc) is 2.70. The monoisotopic (exact) mass is 320 g/mol. The van der Waals surface area contributed by atoms with E-state index in [1.165, 1.54) is 0 Å². The summed E-state index contributed by atoms with van der Waals surface area (Å²) in [6.07, 6.45) is 6.29. The summed E-state index contributed by atoms with van der Waals surface area (Å²) in [4.78, 5) is 25.1. The lowest BCUT2D eigenvalue weighted by Gasteiger charge is -2.29. The lowest BCUT2D eigenvalue weighted by atomic mass is 9.78. The van der Waals surface area contributed by atoms with E-state index in [4.69, 9.17) is 0 Å². The van der Waals surface area contributed by atoms with Crippen molar-refractivity contribution in [3.8, 4) is 0 Å². The second kappa shape index (κ2) is 6.33. The third kappa shape index (κ3) is 3.33. The van der Waals surface area contributed by atoms with Crippen molar-refractivity contribution >= 4 is 11.6 Å². The van der Waals surface area contributed by atoms with E-state index in [1.54, 1.807) is 19.1 Å². The van der Waals surface area contributed by atoms with E-state index in [9.17, 15) is 19.8 Å². The Labute approximate surface area is 138 Å². The summed E-state index contributed by atoms with van der Waals surface area (Å²) in [5.74, 6) is -0.931. The molecular formula is C19H28O4. The highest BCUT2D eigenvalue weighted by atomic mass is 16.3. The van der Waals surface area contributed by atoms with E-state index in [2.05, 4.69) is 0 Å². The third-order valence-electron chi connectivity index (χ3n) is 5.44. The molecule has 0 saturated heterocycles. The van der Waals surface area contributed by atoms with Crippen LogP contribution in [0.5, 0.6) is 0 Å². The number of hydrogen-bond acceptors (Lipinski definition) is 4. The Morgan fingerprint density at radius 1 is 1.26 bits per heavy atom. The van der Waals surface area contributed by atoms with Gasteiger partial charge in [0.05, 0.1) is 6.10 Å². The number of aliphatic hydroxyl groups excluding tert-OH is 1. The summed E-state index contributed by atoms with van der Waals surface area (Å²) in [7, 11) is 0. The van der Waals surface area contributed by atoms with Crippen molar-refractivity contribution in [2.24, 2.45) is 17.3 Å². The van der Waals surface area contributed by atoms with E-state index in [0.717, 1.165) is 0 Å². The first-order valence-electron chi connectivity index (χ1n) is 8.41. The Bertz CT molecular complexity index is 558. The molecule has 0 aliphatic heterocycles. The minimum atomic E-state index is -1.55. The lowest BCUT2D eigenvalue weighted by molar-refractivity contribution is -0.136. The van der Waals surface area contributed by atoms with Crippen molar-refractivity contribution < 1.29 is 19.8 Å². The first-order chi connectivity index (χ1) is 10.6. The van der Waals surface area contributed by atoms with E-state index >= 15 is 0 Å². The van der Waals surface area contributed by atoms with Gasteiger partial charge in [-0.25, -0.2) is 0 Å². The molecule has 0 amide bonds. The number of rotatable bonds is 0. The largest absolute Gasteiger partial charge is 0.392 e. The molecule has 0 heterocycles. The Balaban J connectivity index is 2.42. The van der Waals surface area contributed by atoms with Gasteiger partial charge in [-0.15, -0.1) is 0 Å². The molecule has 2 aliphatic carbocycles. The Morgan fingerprint density at radius 2 is 1.91 bits per heavy atom. The normalized spacial score (nSPS) is 42.2. The van der Waals surface area contributed by atoms with Crippen LogP contribution in [0, 0.1) is 17.3 Å². The van der Waals surface area contributed by atoms with E-state index < -0.39 is 23.0 Å². The number of fused-ring (bicyclic) bond motifs is 1. The van der Waals surface area contributed by atoms with Gasteiger partial charge >= 0.3 is 0 Å². The van der Waals surface area contributed by atoms with Crippen molar-refractivity contribution in [3.63, 3.8) is 0 Å². The van der Waals surface area contributed by atoms with Crippen LogP contribution in [0.3, 0.4) is 0 Å². The van der Waals surface area contributed by atoms with Gasteiger partial charge in [0.2, 0.25) is 0 Å². The first-order valence-corrected chi connectivity index (χ1v) is 8.41. The van der Waals surface area contributed by atoms with Gasteiger partial charge in [-0.3, -0.25) is 9.59 Å². The minimum Gasteiger partial charge on any atom is -0.392 e. The highest BCUT2D eigenvalue weighted by molar-refractivity contribution is 6.02. The second-order valence-electron chi connectivity index (χ2n) is 7.82. The fraction of sp³-hybridized carbons (Fsp3) is 0.684. The number of ketones is 2. The van der Waals surface area contributed by atoms with Crippen molar-refractivity contribution in [1.29, 1.82) is 0 Å². The van der Waals surface area contributed by atoms with Crippen molar-refractivity contribution in [3.05, 3.63) is 23.8 Å². The predicted molar refractivity (Wildman–Crippen MR) is 88.8 cm³/mol. The second-order valence-corrected chi connectivity index (χ2v) is 7.82. The molecule has 0 radical (unpaired) electrons. The zero-order valence-corrected chi connectivity index (χ0v) is 14.5. The van der Waals surface area contributed by atoms with Crippen molar-refractivity contribution in [1.82, 2.24) is 0 Å². The Morgan fingerprint density at radius 3 is 2.57 bits per heavy atom. The van der Waals surface area contributed by atoms with Crippen LogP contribution in [0.1, 0.15) is 53.4 Å². The van der Waals surface area contributed by atoms with Gasteiger partial charge in [-0.05, 0) is 37.7 Å². The number of allylic oxidation sites excluding steroid dienone is 2. The Kier molecular flexibility index (Phi) is 4.97. The number of carbonyl (C=O) groups is 2. The van der Waals surface area contributed by atoms with Gasteiger partial charge in [-0.2, -0.15) is 0 Å². The zero-order valence-electron chi connectivity index (χ0n) is 14.5. The molecule has 0 aromatic rings. The van der Waals surface area contributed by atoms with Crippen LogP contribution in [0.2, 0.25) is 0 Å². The predicted octanol–water partition coefficient (Wildman–Crippen LogP) is 2.59. The molecule has 0 spiro atoms. The zero-order chi connectivity index (χ0) is 17.4. The summed E-state index contributed by atoms with van der Waals surface area (Å²) >= 11 is 0. The summed E-state index contributed by atoms with van der Waals surface area (Å²) < 4.78 is 0. The smallest absolute Gasteiger partial charge is 0.190 e. The molecule has 4 heteroatoms. The van der Waals surface area contributed by atoms with E-state index in [1.807, 2.05) is 26.8 Å². The molecule has 128 valence electrons. The minimum absolute atomic E-state index is 0.144. The van der Waals surface area contributed by atoms with Crippen LogP contribution in [0.4, 0.5) is 0 Å². The number of aliphatic hydroxyl groups is 2. The SMILES string of the molecule is C/C1=C\CC(C)(C)C(=O)CC/C=C/[C@H]2[C@@H](O)[C@@H](C)C[C@]2(O)C1=O.